The third kappa shape index (κ3) is 3.53. The third-order valence-corrected chi connectivity index (χ3v) is 3.94. The van der Waals surface area contributed by atoms with Gasteiger partial charge >= 0.3 is 0 Å². The largest absolute Gasteiger partial charge is 0.497 e. The first-order valence-electron chi connectivity index (χ1n) is 7.56. The number of hydrogen-bond acceptors (Lipinski definition) is 5. The molecule has 0 radical (unpaired) electrons. The lowest BCUT2D eigenvalue weighted by atomic mass is 10.2. The van der Waals surface area contributed by atoms with Crippen LogP contribution in [0.5, 0.6) is 11.5 Å². The van der Waals surface area contributed by atoms with Gasteiger partial charge in [-0.2, -0.15) is 0 Å². The van der Waals surface area contributed by atoms with E-state index >= 15 is 0 Å². The minimum Gasteiger partial charge on any atom is -0.497 e. The van der Waals surface area contributed by atoms with E-state index in [4.69, 9.17) is 9.47 Å². The molecule has 0 aliphatic heterocycles. The van der Waals surface area contributed by atoms with Gasteiger partial charge in [0.25, 0.3) is 0 Å². The van der Waals surface area contributed by atoms with E-state index in [2.05, 4.69) is 10.2 Å². The highest BCUT2D eigenvalue weighted by Crippen LogP contribution is 2.31. The maximum absolute atomic E-state index is 5.43. The predicted octanol–water partition coefficient (Wildman–Crippen LogP) is 3.69. The van der Waals surface area contributed by atoms with Gasteiger partial charge in [-0.3, -0.25) is 4.57 Å². The normalized spacial score (nSPS) is 10.1. The quantitative estimate of drug-likeness (QED) is 0.694. The number of benzene rings is 2. The van der Waals surface area contributed by atoms with Gasteiger partial charge in [0.05, 0.1) is 19.8 Å². The van der Waals surface area contributed by atoms with Crippen molar-refractivity contribution in [1.82, 2.24) is 14.8 Å². The Morgan fingerprint density at radius 2 is 1.72 bits per heavy atom. The second-order valence-corrected chi connectivity index (χ2v) is 5.34. The summed E-state index contributed by atoms with van der Waals surface area (Å²) in [5.74, 6) is 3.04. The molecule has 25 heavy (non-hydrogen) atoms. The van der Waals surface area contributed by atoms with Crippen LogP contribution in [0.1, 0.15) is 0 Å². The number of hydrogen-bond donors (Lipinski definition) is 0. The highest BCUT2D eigenvalue weighted by Gasteiger charge is 2.18. The number of rotatable bonds is 5. The Morgan fingerprint density at radius 3 is 2.44 bits per heavy atom. The maximum atomic E-state index is 5.43. The van der Waals surface area contributed by atoms with E-state index in [9.17, 15) is 0 Å². The standard InChI is InChI=1S/C18H20N4O2.ClH/c1-21(13-8-7-9-14(12-13)23-3)18-20-19-17(22(18)2)15-10-5-6-11-16(15)24-4;/h5-12H,1-4H3;1H. The zero-order valence-electron chi connectivity index (χ0n) is 14.6. The number of nitrogens with zero attached hydrogens (tertiary/aromatic N) is 4. The summed E-state index contributed by atoms with van der Waals surface area (Å²) in [6.07, 6.45) is 0. The van der Waals surface area contributed by atoms with Crippen LogP contribution < -0.4 is 14.4 Å². The van der Waals surface area contributed by atoms with Crippen molar-refractivity contribution >= 4 is 24.0 Å². The summed E-state index contributed by atoms with van der Waals surface area (Å²) < 4.78 is 12.7. The minimum atomic E-state index is 0. The van der Waals surface area contributed by atoms with Crippen LogP contribution in [0, 0.1) is 0 Å². The van der Waals surface area contributed by atoms with Gasteiger partial charge in [0, 0.05) is 25.8 Å². The Bertz CT molecular complexity index is 851. The Morgan fingerprint density at radius 1 is 0.960 bits per heavy atom. The Labute approximate surface area is 153 Å². The molecule has 0 fully saturated rings. The van der Waals surface area contributed by atoms with E-state index in [1.54, 1.807) is 14.2 Å². The molecule has 0 saturated heterocycles. The third-order valence-electron chi connectivity index (χ3n) is 3.94. The monoisotopic (exact) mass is 360 g/mol. The van der Waals surface area contributed by atoms with E-state index in [1.807, 2.05) is 72.1 Å². The second-order valence-electron chi connectivity index (χ2n) is 5.34. The van der Waals surface area contributed by atoms with E-state index < -0.39 is 0 Å². The van der Waals surface area contributed by atoms with Crippen molar-refractivity contribution in [2.45, 2.75) is 0 Å². The number of ether oxygens (including phenoxy) is 2. The van der Waals surface area contributed by atoms with E-state index in [-0.39, 0.29) is 12.4 Å². The molecule has 0 N–H and O–H groups in total. The molecule has 0 aliphatic rings. The lowest BCUT2D eigenvalue weighted by molar-refractivity contribution is 0.415. The summed E-state index contributed by atoms with van der Waals surface area (Å²) in [6, 6.07) is 15.6. The fourth-order valence-corrected chi connectivity index (χ4v) is 2.61. The Balaban J connectivity index is 0.00000225. The molecule has 2 aromatic carbocycles. The smallest absolute Gasteiger partial charge is 0.231 e. The van der Waals surface area contributed by atoms with Crippen LogP contribution in [-0.2, 0) is 7.05 Å². The van der Waals surface area contributed by atoms with Crippen molar-refractivity contribution < 1.29 is 9.47 Å². The summed E-state index contributed by atoms with van der Waals surface area (Å²) in [5.41, 5.74) is 1.87. The van der Waals surface area contributed by atoms with Crippen molar-refractivity contribution in [1.29, 1.82) is 0 Å². The van der Waals surface area contributed by atoms with Gasteiger partial charge in [-0.1, -0.05) is 18.2 Å². The number of aromatic nitrogens is 3. The maximum Gasteiger partial charge on any atom is 0.231 e. The molecule has 3 rings (SSSR count). The SMILES string of the molecule is COc1cccc(N(C)c2nnc(-c3ccccc3OC)n2C)c1.Cl. The van der Waals surface area contributed by atoms with Crippen LogP contribution in [0.2, 0.25) is 0 Å². The topological polar surface area (TPSA) is 52.4 Å². The van der Waals surface area contributed by atoms with Gasteiger partial charge in [0.15, 0.2) is 5.82 Å². The first kappa shape index (κ1) is 18.6. The summed E-state index contributed by atoms with van der Waals surface area (Å²) in [4.78, 5) is 1.97. The van der Waals surface area contributed by atoms with Crippen molar-refractivity contribution in [3.8, 4) is 22.9 Å². The summed E-state index contributed by atoms with van der Waals surface area (Å²) in [7, 11) is 7.19. The molecule has 3 aromatic rings. The molecule has 1 heterocycles. The minimum absolute atomic E-state index is 0. The first-order valence-corrected chi connectivity index (χ1v) is 7.56. The molecule has 0 amide bonds. The van der Waals surface area contributed by atoms with Crippen LogP contribution in [0.25, 0.3) is 11.4 Å². The highest BCUT2D eigenvalue weighted by atomic mass is 35.5. The zero-order chi connectivity index (χ0) is 17.1. The lowest BCUT2D eigenvalue weighted by Crippen LogP contribution is -2.14. The van der Waals surface area contributed by atoms with Crippen molar-refractivity contribution in [3.63, 3.8) is 0 Å². The number of anilines is 2. The molecule has 6 nitrogen and oxygen atoms in total. The van der Waals surface area contributed by atoms with Gasteiger partial charge in [-0.05, 0) is 24.3 Å². The fourth-order valence-electron chi connectivity index (χ4n) is 2.61. The molecule has 0 spiro atoms. The second kappa shape index (κ2) is 7.90. The fraction of sp³-hybridized carbons (Fsp3) is 0.222. The summed E-state index contributed by atoms with van der Waals surface area (Å²) in [6.45, 7) is 0. The van der Waals surface area contributed by atoms with Crippen molar-refractivity contribution in [3.05, 3.63) is 48.5 Å². The molecule has 7 heteroatoms. The van der Waals surface area contributed by atoms with Gasteiger partial charge in [-0.25, -0.2) is 0 Å². The molecule has 132 valence electrons. The number of halogens is 1. The van der Waals surface area contributed by atoms with Crippen LogP contribution in [0.4, 0.5) is 11.6 Å². The van der Waals surface area contributed by atoms with Gasteiger partial charge in [-0.15, -0.1) is 22.6 Å². The van der Waals surface area contributed by atoms with Crippen LogP contribution in [-0.4, -0.2) is 36.0 Å². The average Bonchev–Trinajstić information content (AvgIpc) is 3.02. The van der Waals surface area contributed by atoms with Crippen molar-refractivity contribution in [2.24, 2.45) is 7.05 Å². The van der Waals surface area contributed by atoms with Gasteiger partial charge in [0.1, 0.15) is 11.5 Å². The van der Waals surface area contributed by atoms with Crippen LogP contribution in [0.15, 0.2) is 48.5 Å². The lowest BCUT2D eigenvalue weighted by Gasteiger charge is -2.18. The molecule has 0 bridgehead atoms. The molecule has 0 aliphatic carbocycles. The van der Waals surface area contributed by atoms with Crippen LogP contribution in [0.3, 0.4) is 0 Å². The Kier molecular flexibility index (Phi) is 5.88. The van der Waals surface area contributed by atoms with Crippen molar-refractivity contribution in [2.75, 3.05) is 26.2 Å². The molecule has 0 atom stereocenters. The van der Waals surface area contributed by atoms with Gasteiger partial charge < -0.3 is 14.4 Å². The molecule has 0 saturated carbocycles. The average molecular weight is 361 g/mol. The van der Waals surface area contributed by atoms with Gasteiger partial charge in [0.2, 0.25) is 5.95 Å². The zero-order valence-corrected chi connectivity index (χ0v) is 15.4. The molecule has 1 aromatic heterocycles. The first-order chi connectivity index (χ1) is 11.7. The molecular weight excluding hydrogens is 340 g/mol. The predicted molar refractivity (Wildman–Crippen MR) is 101 cm³/mol. The molecular formula is C18H21ClN4O2. The Hall–Kier alpha value is -2.73. The van der Waals surface area contributed by atoms with E-state index in [0.717, 1.165) is 34.5 Å². The van der Waals surface area contributed by atoms with Crippen LogP contribution >= 0.6 is 12.4 Å². The summed E-state index contributed by atoms with van der Waals surface area (Å²) >= 11 is 0. The number of methoxy groups -OCH3 is 2. The van der Waals surface area contributed by atoms with E-state index in [1.165, 1.54) is 0 Å². The van der Waals surface area contributed by atoms with E-state index in [0.29, 0.717) is 0 Å². The highest BCUT2D eigenvalue weighted by molar-refractivity contribution is 5.85. The summed E-state index contributed by atoms with van der Waals surface area (Å²) in [5, 5.41) is 8.69. The molecule has 0 unspecified atom stereocenters. The number of para-hydroxylation sites is 1.